The Bertz CT molecular complexity index is 477. The first-order valence-electron chi connectivity index (χ1n) is 7.41. The number of nitrogens with one attached hydrogen (secondary N) is 1. The molecule has 0 saturated carbocycles. The van der Waals surface area contributed by atoms with Crippen LogP contribution in [0.1, 0.15) is 45.7 Å². The minimum Gasteiger partial charge on any atom is -0.479 e. The largest absolute Gasteiger partial charge is 0.479 e. The number of hydrogen-bond acceptors (Lipinski definition) is 4. The Kier molecular flexibility index (Phi) is 6.21. The highest BCUT2D eigenvalue weighted by atomic mass is 16.6. The molecule has 1 aromatic carbocycles. The molecule has 1 atom stereocenters. The fourth-order valence-corrected chi connectivity index (χ4v) is 1.82. The van der Waals surface area contributed by atoms with Crippen LogP contribution >= 0.6 is 0 Å². The smallest absolute Gasteiger partial charge is 0.347 e. The normalized spacial score (nSPS) is 12.9. The van der Waals surface area contributed by atoms with Crippen LogP contribution in [0.25, 0.3) is 0 Å². The second kappa shape index (κ2) is 7.46. The van der Waals surface area contributed by atoms with Gasteiger partial charge >= 0.3 is 5.97 Å². The Morgan fingerprint density at radius 2 is 2.00 bits per heavy atom. The van der Waals surface area contributed by atoms with Gasteiger partial charge in [0, 0.05) is 17.6 Å². The Morgan fingerprint density at radius 1 is 1.33 bits per heavy atom. The summed E-state index contributed by atoms with van der Waals surface area (Å²) in [5, 5.41) is 3.44. The molecule has 0 fully saturated rings. The van der Waals surface area contributed by atoms with Crippen LogP contribution in [0, 0.1) is 6.92 Å². The zero-order valence-corrected chi connectivity index (χ0v) is 13.9. The van der Waals surface area contributed by atoms with Gasteiger partial charge < -0.3 is 14.8 Å². The Morgan fingerprint density at radius 3 is 2.57 bits per heavy atom. The summed E-state index contributed by atoms with van der Waals surface area (Å²) in [5.41, 5.74) is 2.23. The predicted molar refractivity (Wildman–Crippen MR) is 84.5 cm³/mol. The van der Waals surface area contributed by atoms with Crippen molar-refractivity contribution in [1.29, 1.82) is 0 Å². The van der Waals surface area contributed by atoms with Crippen molar-refractivity contribution >= 4 is 5.97 Å². The van der Waals surface area contributed by atoms with Crippen LogP contribution in [-0.4, -0.2) is 24.2 Å². The first-order chi connectivity index (χ1) is 9.73. The SMILES string of the molecule is CCOC(=O)C(C)Oc1ccc(C)cc1CNC(C)(C)C. The van der Waals surface area contributed by atoms with Crippen LogP contribution in [0.15, 0.2) is 18.2 Å². The third kappa shape index (κ3) is 6.17. The lowest BCUT2D eigenvalue weighted by Gasteiger charge is -2.22. The van der Waals surface area contributed by atoms with Crippen LogP contribution in [-0.2, 0) is 16.1 Å². The highest BCUT2D eigenvalue weighted by Gasteiger charge is 2.18. The summed E-state index contributed by atoms with van der Waals surface area (Å²) in [6.45, 7) is 12.9. The summed E-state index contributed by atoms with van der Waals surface area (Å²) in [7, 11) is 0. The molecule has 1 rings (SSSR count). The number of ether oxygens (including phenoxy) is 2. The van der Waals surface area contributed by atoms with E-state index in [1.807, 2.05) is 19.1 Å². The Hall–Kier alpha value is -1.55. The van der Waals surface area contributed by atoms with E-state index in [0.29, 0.717) is 13.2 Å². The van der Waals surface area contributed by atoms with Crippen molar-refractivity contribution in [2.75, 3.05) is 6.61 Å². The molecule has 0 amide bonds. The average molecular weight is 293 g/mol. The third-order valence-corrected chi connectivity index (χ3v) is 2.95. The second-order valence-corrected chi connectivity index (χ2v) is 6.23. The van der Waals surface area contributed by atoms with Gasteiger partial charge in [0.15, 0.2) is 6.10 Å². The number of carbonyl (C=O) groups excluding carboxylic acids is 1. The average Bonchev–Trinajstić information content (AvgIpc) is 2.38. The molecule has 0 bridgehead atoms. The van der Waals surface area contributed by atoms with Gasteiger partial charge in [-0.3, -0.25) is 0 Å². The van der Waals surface area contributed by atoms with Gasteiger partial charge in [0.05, 0.1) is 6.61 Å². The summed E-state index contributed by atoms with van der Waals surface area (Å²) >= 11 is 0. The van der Waals surface area contributed by atoms with E-state index in [-0.39, 0.29) is 11.5 Å². The van der Waals surface area contributed by atoms with E-state index >= 15 is 0 Å². The second-order valence-electron chi connectivity index (χ2n) is 6.23. The summed E-state index contributed by atoms with van der Waals surface area (Å²) in [6.07, 6.45) is -0.610. The fourth-order valence-electron chi connectivity index (χ4n) is 1.82. The minimum atomic E-state index is -0.610. The van der Waals surface area contributed by atoms with Gasteiger partial charge in [-0.1, -0.05) is 17.7 Å². The lowest BCUT2D eigenvalue weighted by atomic mass is 10.1. The molecule has 118 valence electrons. The number of hydrogen-bond donors (Lipinski definition) is 1. The van der Waals surface area contributed by atoms with Gasteiger partial charge in [0.25, 0.3) is 0 Å². The summed E-state index contributed by atoms with van der Waals surface area (Å²) in [5.74, 6) is 0.380. The van der Waals surface area contributed by atoms with Crippen LogP contribution in [0.2, 0.25) is 0 Å². The van der Waals surface area contributed by atoms with Gasteiger partial charge in [0.2, 0.25) is 0 Å². The molecule has 0 aliphatic heterocycles. The van der Waals surface area contributed by atoms with Crippen molar-refractivity contribution in [2.24, 2.45) is 0 Å². The van der Waals surface area contributed by atoms with E-state index in [1.54, 1.807) is 13.8 Å². The zero-order chi connectivity index (χ0) is 16.0. The van der Waals surface area contributed by atoms with E-state index in [1.165, 1.54) is 0 Å². The van der Waals surface area contributed by atoms with E-state index in [4.69, 9.17) is 9.47 Å². The highest BCUT2D eigenvalue weighted by molar-refractivity contribution is 5.74. The number of esters is 1. The molecule has 0 aromatic heterocycles. The number of benzene rings is 1. The van der Waals surface area contributed by atoms with Crippen molar-refractivity contribution in [2.45, 2.75) is 59.7 Å². The summed E-state index contributed by atoms with van der Waals surface area (Å²) in [6, 6.07) is 5.96. The first-order valence-corrected chi connectivity index (χ1v) is 7.41. The van der Waals surface area contributed by atoms with Gasteiger partial charge in [-0.2, -0.15) is 0 Å². The maximum atomic E-state index is 11.7. The van der Waals surface area contributed by atoms with Crippen molar-refractivity contribution in [3.8, 4) is 5.75 Å². The van der Waals surface area contributed by atoms with E-state index in [9.17, 15) is 4.79 Å². The molecule has 0 aliphatic carbocycles. The number of rotatable bonds is 6. The third-order valence-electron chi connectivity index (χ3n) is 2.95. The van der Waals surface area contributed by atoms with Gasteiger partial charge in [-0.25, -0.2) is 4.79 Å². The lowest BCUT2D eigenvalue weighted by molar-refractivity contribution is -0.150. The molecule has 0 heterocycles. The van der Waals surface area contributed by atoms with E-state index in [0.717, 1.165) is 16.9 Å². The van der Waals surface area contributed by atoms with Crippen molar-refractivity contribution in [1.82, 2.24) is 5.32 Å². The molecule has 1 unspecified atom stereocenters. The Labute approximate surface area is 127 Å². The van der Waals surface area contributed by atoms with Crippen molar-refractivity contribution in [3.63, 3.8) is 0 Å². The van der Waals surface area contributed by atoms with Crippen LogP contribution in [0.4, 0.5) is 0 Å². The monoisotopic (exact) mass is 293 g/mol. The molecule has 0 aliphatic rings. The molecule has 0 saturated heterocycles. The standard InChI is InChI=1S/C17H27NO3/c1-7-20-16(19)13(3)21-15-9-8-12(2)10-14(15)11-18-17(4,5)6/h8-10,13,18H,7,11H2,1-6H3. The van der Waals surface area contributed by atoms with Crippen LogP contribution in [0.3, 0.4) is 0 Å². The van der Waals surface area contributed by atoms with Gasteiger partial charge in [0.1, 0.15) is 5.75 Å². The number of aryl methyl sites for hydroxylation is 1. The maximum absolute atomic E-state index is 11.7. The van der Waals surface area contributed by atoms with Gasteiger partial charge in [-0.05, 0) is 47.6 Å². The first kappa shape index (κ1) is 17.5. The van der Waals surface area contributed by atoms with Gasteiger partial charge in [-0.15, -0.1) is 0 Å². The quantitative estimate of drug-likeness (QED) is 0.818. The summed E-state index contributed by atoms with van der Waals surface area (Å²) < 4.78 is 10.7. The van der Waals surface area contributed by atoms with E-state index in [2.05, 4.69) is 32.2 Å². The molecule has 1 N–H and O–H groups in total. The topological polar surface area (TPSA) is 47.6 Å². The fraction of sp³-hybridized carbons (Fsp3) is 0.588. The highest BCUT2D eigenvalue weighted by Crippen LogP contribution is 2.22. The summed E-state index contributed by atoms with van der Waals surface area (Å²) in [4.78, 5) is 11.7. The molecule has 4 nitrogen and oxygen atoms in total. The minimum absolute atomic E-state index is 0.0216. The molecular weight excluding hydrogens is 266 g/mol. The van der Waals surface area contributed by atoms with E-state index < -0.39 is 6.10 Å². The predicted octanol–water partition coefficient (Wildman–Crippen LogP) is 3.21. The van der Waals surface area contributed by atoms with Crippen LogP contribution < -0.4 is 10.1 Å². The zero-order valence-electron chi connectivity index (χ0n) is 13.9. The molecule has 0 spiro atoms. The molecule has 1 aromatic rings. The lowest BCUT2D eigenvalue weighted by Crippen LogP contribution is -2.35. The molecule has 21 heavy (non-hydrogen) atoms. The molecule has 4 heteroatoms. The van der Waals surface area contributed by atoms with Crippen LogP contribution in [0.5, 0.6) is 5.75 Å². The van der Waals surface area contributed by atoms with Crippen molar-refractivity contribution < 1.29 is 14.3 Å². The maximum Gasteiger partial charge on any atom is 0.347 e. The number of carbonyl (C=O) groups is 1. The van der Waals surface area contributed by atoms with Crippen molar-refractivity contribution in [3.05, 3.63) is 29.3 Å². The molecule has 0 radical (unpaired) electrons. The molecular formula is C17H27NO3. The Balaban J connectivity index is 2.83.